The molecule has 1 heterocycles. The first-order valence-corrected chi connectivity index (χ1v) is 7.88. The Morgan fingerprint density at radius 3 is 2.47 bits per heavy atom. The molecule has 5 nitrogen and oxygen atoms in total. The number of halogens is 1. The lowest BCUT2D eigenvalue weighted by Gasteiger charge is -2.29. The second-order valence-corrected chi connectivity index (χ2v) is 7.09. The summed E-state index contributed by atoms with van der Waals surface area (Å²) in [5.41, 5.74) is 6.61. The van der Waals surface area contributed by atoms with Crippen molar-refractivity contribution in [2.75, 3.05) is 18.8 Å². The molecule has 2 rings (SSSR count). The van der Waals surface area contributed by atoms with Crippen LogP contribution in [-0.4, -0.2) is 37.0 Å². The molecule has 0 spiro atoms. The predicted molar refractivity (Wildman–Crippen MR) is 74.6 cm³/mol. The van der Waals surface area contributed by atoms with Gasteiger partial charge in [0.05, 0.1) is 21.7 Å². The van der Waals surface area contributed by atoms with Crippen LogP contribution in [0, 0.1) is 6.92 Å². The molecule has 7 heteroatoms. The summed E-state index contributed by atoms with van der Waals surface area (Å²) in [4.78, 5) is 0.156. The number of hydrogen-bond acceptors (Lipinski definition) is 4. The van der Waals surface area contributed by atoms with Crippen molar-refractivity contribution in [1.29, 1.82) is 0 Å². The summed E-state index contributed by atoms with van der Waals surface area (Å²) >= 11 is 5.94. The number of piperidine rings is 1. The van der Waals surface area contributed by atoms with Gasteiger partial charge in [0.1, 0.15) is 0 Å². The number of nitrogens with two attached hydrogens (primary N) is 1. The average Bonchev–Trinajstić information content (AvgIpc) is 2.35. The molecule has 1 aromatic rings. The number of nitrogen functional groups attached to an aromatic ring is 1. The van der Waals surface area contributed by atoms with Crippen molar-refractivity contribution in [3.05, 3.63) is 22.7 Å². The fourth-order valence-corrected chi connectivity index (χ4v) is 3.84. The first kappa shape index (κ1) is 14.6. The van der Waals surface area contributed by atoms with Gasteiger partial charge >= 0.3 is 0 Å². The molecular weight excluding hydrogens is 288 g/mol. The van der Waals surface area contributed by atoms with Crippen LogP contribution in [0.15, 0.2) is 17.0 Å². The van der Waals surface area contributed by atoms with Crippen LogP contribution in [-0.2, 0) is 10.0 Å². The van der Waals surface area contributed by atoms with Gasteiger partial charge in [0, 0.05) is 13.1 Å². The fraction of sp³-hybridized carbons (Fsp3) is 0.500. The van der Waals surface area contributed by atoms with E-state index in [1.54, 1.807) is 6.92 Å². The molecule has 0 radical (unpaired) electrons. The van der Waals surface area contributed by atoms with Gasteiger partial charge in [-0.15, -0.1) is 0 Å². The minimum absolute atomic E-state index is 0.156. The highest BCUT2D eigenvalue weighted by molar-refractivity contribution is 7.89. The zero-order valence-corrected chi connectivity index (χ0v) is 12.2. The second kappa shape index (κ2) is 5.28. The molecule has 1 fully saturated rings. The van der Waals surface area contributed by atoms with Gasteiger partial charge in [-0.2, -0.15) is 4.31 Å². The quantitative estimate of drug-likeness (QED) is 0.809. The van der Waals surface area contributed by atoms with Gasteiger partial charge in [0.2, 0.25) is 10.0 Å². The number of hydrogen-bond donors (Lipinski definition) is 2. The zero-order chi connectivity index (χ0) is 14.2. The lowest BCUT2D eigenvalue weighted by molar-refractivity contribution is 0.113. The summed E-state index contributed by atoms with van der Waals surface area (Å²) in [6.07, 6.45) is 0.506. The Hall–Kier alpha value is -0.820. The number of aryl methyl sites for hydroxylation is 1. The first-order valence-electron chi connectivity index (χ1n) is 6.06. The van der Waals surface area contributed by atoms with E-state index in [4.69, 9.17) is 17.3 Å². The maximum atomic E-state index is 12.5. The van der Waals surface area contributed by atoms with Crippen LogP contribution in [0.1, 0.15) is 18.4 Å². The van der Waals surface area contributed by atoms with Gasteiger partial charge in [-0.25, -0.2) is 8.42 Å². The number of aliphatic hydroxyl groups is 1. The highest BCUT2D eigenvalue weighted by Gasteiger charge is 2.29. The topological polar surface area (TPSA) is 83.6 Å². The summed E-state index contributed by atoms with van der Waals surface area (Å²) in [5.74, 6) is 0. The van der Waals surface area contributed by atoms with Crippen LogP contribution in [0.3, 0.4) is 0 Å². The summed E-state index contributed by atoms with van der Waals surface area (Å²) < 4.78 is 26.3. The maximum absolute atomic E-state index is 12.5. The maximum Gasteiger partial charge on any atom is 0.243 e. The van der Waals surface area contributed by atoms with Crippen LogP contribution in [0.25, 0.3) is 0 Å². The molecule has 3 N–H and O–H groups in total. The number of aliphatic hydroxyl groups excluding tert-OH is 1. The zero-order valence-electron chi connectivity index (χ0n) is 10.6. The van der Waals surface area contributed by atoms with Crippen molar-refractivity contribution >= 4 is 27.3 Å². The van der Waals surface area contributed by atoms with E-state index in [9.17, 15) is 13.5 Å². The Labute approximate surface area is 118 Å². The molecule has 106 valence electrons. The fourth-order valence-electron chi connectivity index (χ4n) is 2.14. The van der Waals surface area contributed by atoms with Gasteiger partial charge in [-0.1, -0.05) is 11.6 Å². The predicted octanol–water partition coefficient (Wildman–Crippen LogP) is 1.38. The summed E-state index contributed by atoms with van der Waals surface area (Å²) in [5, 5.41) is 9.81. The summed E-state index contributed by atoms with van der Waals surface area (Å²) in [6, 6.07) is 2.91. The van der Waals surface area contributed by atoms with E-state index in [0.29, 0.717) is 36.5 Å². The number of sulfonamides is 1. The van der Waals surface area contributed by atoms with Gasteiger partial charge in [-0.05, 0) is 37.5 Å². The Morgan fingerprint density at radius 1 is 1.37 bits per heavy atom. The number of anilines is 1. The first-order chi connectivity index (χ1) is 8.82. The van der Waals surface area contributed by atoms with Gasteiger partial charge < -0.3 is 10.8 Å². The van der Waals surface area contributed by atoms with E-state index in [0.717, 1.165) is 0 Å². The molecule has 1 aliphatic heterocycles. The van der Waals surface area contributed by atoms with Gasteiger partial charge in [0.25, 0.3) is 0 Å². The Morgan fingerprint density at radius 2 is 1.95 bits per heavy atom. The highest BCUT2D eigenvalue weighted by Crippen LogP contribution is 2.29. The third kappa shape index (κ3) is 2.86. The molecule has 19 heavy (non-hydrogen) atoms. The molecule has 0 aliphatic carbocycles. The lowest BCUT2D eigenvalue weighted by Crippen LogP contribution is -2.40. The molecule has 1 saturated heterocycles. The van der Waals surface area contributed by atoms with Crippen molar-refractivity contribution in [1.82, 2.24) is 4.31 Å². The van der Waals surface area contributed by atoms with Crippen molar-refractivity contribution in [2.45, 2.75) is 30.8 Å². The molecule has 0 atom stereocenters. The van der Waals surface area contributed by atoms with Crippen LogP contribution >= 0.6 is 11.6 Å². The van der Waals surface area contributed by atoms with Crippen molar-refractivity contribution in [2.24, 2.45) is 0 Å². The number of nitrogens with zero attached hydrogens (tertiary/aromatic N) is 1. The lowest BCUT2D eigenvalue weighted by atomic mass is 10.1. The number of rotatable bonds is 2. The third-order valence-electron chi connectivity index (χ3n) is 3.32. The number of benzene rings is 1. The van der Waals surface area contributed by atoms with E-state index in [2.05, 4.69) is 0 Å². The standard InChI is InChI=1S/C12H17ClN2O3S/c1-8-6-10(7-11(14)12(8)13)19(17,18)15-4-2-9(16)3-5-15/h6-7,9,16H,2-5,14H2,1H3. The molecule has 1 aromatic carbocycles. The van der Waals surface area contributed by atoms with Crippen LogP contribution < -0.4 is 5.73 Å². The minimum Gasteiger partial charge on any atom is -0.397 e. The summed E-state index contributed by atoms with van der Waals surface area (Å²) in [7, 11) is -3.56. The van der Waals surface area contributed by atoms with E-state index in [-0.39, 0.29) is 10.6 Å². The highest BCUT2D eigenvalue weighted by atomic mass is 35.5. The molecule has 0 saturated carbocycles. The largest absolute Gasteiger partial charge is 0.397 e. The molecule has 0 aromatic heterocycles. The Bertz CT molecular complexity index is 558. The Kier molecular flexibility index (Phi) is 4.06. The molecule has 1 aliphatic rings. The van der Waals surface area contributed by atoms with Crippen LogP contribution in [0.5, 0.6) is 0 Å². The Balaban J connectivity index is 2.35. The van der Waals surface area contributed by atoms with Crippen LogP contribution in [0.2, 0.25) is 5.02 Å². The average molecular weight is 305 g/mol. The van der Waals surface area contributed by atoms with Gasteiger partial charge in [0.15, 0.2) is 0 Å². The van der Waals surface area contributed by atoms with Gasteiger partial charge in [-0.3, -0.25) is 0 Å². The van der Waals surface area contributed by atoms with Crippen molar-refractivity contribution in [3.63, 3.8) is 0 Å². The van der Waals surface area contributed by atoms with E-state index in [1.807, 2.05) is 0 Å². The third-order valence-corrected chi connectivity index (χ3v) is 5.71. The smallest absolute Gasteiger partial charge is 0.243 e. The summed E-state index contributed by atoms with van der Waals surface area (Å²) in [6.45, 7) is 2.37. The normalized spacial score (nSPS) is 18.7. The molecule has 0 bridgehead atoms. The second-order valence-electron chi connectivity index (χ2n) is 4.78. The van der Waals surface area contributed by atoms with Crippen molar-refractivity contribution < 1.29 is 13.5 Å². The monoisotopic (exact) mass is 304 g/mol. The van der Waals surface area contributed by atoms with Crippen molar-refractivity contribution in [3.8, 4) is 0 Å². The van der Waals surface area contributed by atoms with Crippen LogP contribution in [0.4, 0.5) is 5.69 Å². The SMILES string of the molecule is Cc1cc(S(=O)(=O)N2CCC(O)CC2)cc(N)c1Cl. The van der Waals surface area contributed by atoms with E-state index < -0.39 is 16.1 Å². The minimum atomic E-state index is -3.56. The van der Waals surface area contributed by atoms with E-state index >= 15 is 0 Å². The molecular formula is C12H17ClN2O3S. The van der Waals surface area contributed by atoms with E-state index in [1.165, 1.54) is 16.4 Å². The molecule has 0 amide bonds. The molecule has 0 unspecified atom stereocenters.